The van der Waals surface area contributed by atoms with Gasteiger partial charge in [-0.15, -0.1) is 0 Å². The minimum Gasteiger partial charge on any atom is -0.497 e. The number of hydrogen-bond acceptors (Lipinski definition) is 4. The first-order valence-electron chi connectivity index (χ1n) is 9.62. The number of carbonyl (C=O) groups excluding carboxylic acids is 1. The molecule has 5 nitrogen and oxygen atoms in total. The lowest BCUT2D eigenvalue weighted by molar-refractivity contribution is -0.114. The van der Waals surface area contributed by atoms with Gasteiger partial charge >= 0.3 is 0 Å². The van der Waals surface area contributed by atoms with E-state index in [0.717, 1.165) is 29.3 Å². The second-order valence-electron chi connectivity index (χ2n) is 6.42. The van der Waals surface area contributed by atoms with Gasteiger partial charge in [-0.3, -0.25) is 4.79 Å². The standard InChI is InChI=1S/C22H30N2O3/c1-3-4-5-6-7-15-27-21-10-8-9-19(16-21)24-22(25)17-23-18-11-13-20(26-2)14-12-18/h8-14,16,23H,3-7,15,17H2,1-2H3,(H,24,25). The lowest BCUT2D eigenvalue weighted by Gasteiger charge is -2.10. The Morgan fingerprint density at radius 3 is 2.44 bits per heavy atom. The first-order valence-corrected chi connectivity index (χ1v) is 9.62. The molecule has 2 aromatic carbocycles. The summed E-state index contributed by atoms with van der Waals surface area (Å²) < 4.78 is 10.9. The fourth-order valence-electron chi connectivity index (χ4n) is 2.66. The van der Waals surface area contributed by atoms with Gasteiger partial charge in [-0.1, -0.05) is 38.7 Å². The van der Waals surface area contributed by atoms with Crippen LogP contribution in [0.1, 0.15) is 39.0 Å². The second kappa shape index (κ2) is 11.8. The number of anilines is 2. The van der Waals surface area contributed by atoms with Crippen LogP contribution in [0.15, 0.2) is 48.5 Å². The van der Waals surface area contributed by atoms with Crippen LogP contribution >= 0.6 is 0 Å². The predicted molar refractivity (Wildman–Crippen MR) is 111 cm³/mol. The maximum absolute atomic E-state index is 12.1. The molecule has 1 amide bonds. The van der Waals surface area contributed by atoms with E-state index in [-0.39, 0.29) is 12.5 Å². The van der Waals surface area contributed by atoms with E-state index in [0.29, 0.717) is 6.61 Å². The zero-order chi connectivity index (χ0) is 19.3. The monoisotopic (exact) mass is 370 g/mol. The van der Waals surface area contributed by atoms with Crippen LogP contribution < -0.4 is 20.1 Å². The zero-order valence-corrected chi connectivity index (χ0v) is 16.3. The van der Waals surface area contributed by atoms with Crippen molar-refractivity contribution in [3.05, 3.63) is 48.5 Å². The molecule has 0 saturated carbocycles. The number of ether oxygens (including phenoxy) is 2. The molecule has 146 valence electrons. The topological polar surface area (TPSA) is 59.6 Å². The molecule has 0 aliphatic carbocycles. The summed E-state index contributed by atoms with van der Waals surface area (Å²) in [5.74, 6) is 1.46. The van der Waals surface area contributed by atoms with Crippen LogP contribution in [0.4, 0.5) is 11.4 Å². The Balaban J connectivity index is 1.73. The highest BCUT2D eigenvalue weighted by Crippen LogP contribution is 2.18. The zero-order valence-electron chi connectivity index (χ0n) is 16.3. The average molecular weight is 370 g/mol. The molecular formula is C22H30N2O3. The molecule has 0 fully saturated rings. The van der Waals surface area contributed by atoms with Crippen molar-refractivity contribution in [2.75, 3.05) is 30.9 Å². The van der Waals surface area contributed by atoms with Crippen LogP contribution in [-0.2, 0) is 4.79 Å². The molecule has 0 radical (unpaired) electrons. The molecule has 0 bridgehead atoms. The third-order valence-electron chi connectivity index (χ3n) is 4.18. The van der Waals surface area contributed by atoms with Gasteiger partial charge in [-0.2, -0.15) is 0 Å². The number of amides is 1. The number of methoxy groups -OCH3 is 1. The summed E-state index contributed by atoms with van der Waals surface area (Å²) in [4.78, 5) is 12.1. The summed E-state index contributed by atoms with van der Waals surface area (Å²) in [5.41, 5.74) is 1.60. The number of hydrogen-bond donors (Lipinski definition) is 2. The van der Waals surface area contributed by atoms with Crippen molar-refractivity contribution in [1.29, 1.82) is 0 Å². The number of unbranched alkanes of at least 4 members (excludes halogenated alkanes) is 4. The van der Waals surface area contributed by atoms with Crippen LogP contribution in [0.2, 0.25) is 0 Å². The van der Waals surface area contributed by atoms with Gasteiger partial charge in [0.15, 0.2) is 0 Å². The summed E-state index contributed by atoms with van der Waals surface area (Å²) in [6.07, 6.45) is 6.04. The molecule has 2 rings (SSSR count). The van der Waals surface area contributed by atoms with Gasteiger partial charge in [0, 0.05) is 17.4 Å². The highest BCUT2D eigenvalue weighted by Gasteiger charge is 2.04. The van der Waals surface area contributed by atoms with Gasteiger partial charge < -0.3 is 20.1 Å². The molecule has 0 aliphatic heterocycles. The SMILES string of the molecule is CCCCCCCOc1cccc(NC(=O)CNc2ccc(OC)cc2)c1. The molecular weight excluding hydrogens is 340 g/mol. The number of nitrogens with one attached hydrogen (secondary N) is 2. The van der Waals surface area contributed by atoms with E-state index in [1.807, 2.05) is 48.5 Å². The molecule has 0 spiro atoms. The van der Waals surface area contributed by atoms with E-state index in [4.69, 9.17) is 9.47 Å². The van der Waals surface area contributed by atoms with Crippen LogP contribution in [0.5, 0.6) is 11.5 Å². The maximum atomic E-state index is 12.1. The van der Waals surface area contributed by atoms with Crippen molar-refractivity contribution in [1.82, 2.24) is 0 Å². The van der Waals surface area contributed by atoms with Crippen LogP contribution in [-0.4, -0.2) is 26.2 Å². The van der Waals surface area contributed by atoms with E-state index in [2.05, 4.69) is 17.6 Å². The van der Waals surface area contributed by atoms with Gasteiger partial charge in [0.1, 0.15) is 11.5 Å². The molecule has 0 unspecified atom stereocenters. The van der Waals surface area contributed by atoms with Gasteiger partial charge in [0.05, 0.1) is 20.3 Å². The smallest absolute Gasteiger partial charge is 0.243 e. The van der Waals surface area contributed by atoms with E-state index in [9.17, 15) is 4.79 Å². The summed E-state index contributed by atoms with van der Waals surface area (Å²) in [7, 11) is 1.63. The molecule has 2 N–H and O–H groups in total. The van der Waals surface area contributed by atoms with Crippen molar-refractivity contribution in [2.45, 2.75) is 39.0 Å². The Kier molecular flexibility index (Phi) is 9.04. The van der Waals surface area contributed by atoms with Crippen molar-refractivity contribution in [3.63, 3.8) is 0 Å². The molecule has 27 heavy (non-hydrogen) atoms. The van der Waals surface area contributed by atoms with Crippen molar-refractivity contribution < 1.29 is 14.3 Å². The quantitative estimate of drug-likeness (QED) is 0.511. The van der Waals surface area contributed by atoms with Crippen molar-refractivity contribution in [3.8, 4) is 11.5 Å². The lowest BCUT2D eigenvalue weighted by atomic mass is 10.2. The largest absolute Gasteiger partial charge is 0.497 e. The number of benzene rings is 2. The van der Waals surface area contributed by atoms with Gasteiger partial charge in [-0.25, -0.2) is 0 Å². The Bertz CT molecular complexity index is 686. The lowest BCUT2D eigenvalue weighted by Crippen LogP contribution is -2.21. The second-order valence-corrected chi connectivity index (χ2v) is 6.42. The third-order valence-corrected chi connectivity index (χ3v) is 4.18. The Morgan fingerprint density at radius 2 is 1.70 bits per heavy atom. The Labute approximate surface area is 162 Å². The van der Waals surface area contributed by atoms with Crippen molar-refractivity contribution in [2.24, 2.45) is 0 Å². The molecule has 0 heterocycles. The maximum Gasteiger partial charge on any atom is 0.243 e. The van der Waals surface area contributed by atoms with Crippen molar-refractivity contribution >= 4 is 17.3 Å². The van der Waals surface area contributed by atoms with E-state index < -0.39 is 0 Å². The minimum absolute atomic E-state index is 0.109. The molecule has 2 aromatic rings. The number of carbonyl (C=O) groups is 1. The molecule has 0 atom stereocenters. The summed E-state index contributed by atoms with van der Waals surface area (Å²) in [5, 5.41) is 5.98. The molecule has 0 aliphatic rings. The fourth-order valence-corrected chi connectivity index (χ4v) is 2.66. The highest BCUT2D eigenvalue weighted by atomic mass is 16.5. The Hall–Kier alpha value is -2.69. The molecule has 0 saturated heterocycles. The number of rotatable bonds is 12. The average Bonchev–Trinajstić information content (AvgIpc) is 2.70. The molecule has 0 aromatic heterocycles. The third kappa shape index (κ3) is 8.03. The van der Waals surface area contributed by atoms with Crippen LogP contribution in [0, 0.1) is 0 Å². The summed E-state index contributed by atoms with van der Waals surface area (Å²) >= 11 is 0. The summed E-state index contributed by atoms with van der Waals surface area (Å²) in [6.45, 7) is 3.11. The summed E-state index contributed by atoms with van der Waals surface area (Å²) in [6, 6.07) is 15.0. The Morgan fingerprint density at radius 1 is 0.926 bits per heavy atom. The van der Waals surface area contributed by atoms with Crippen LogP contribution in [0.25, 0.3) is 0 Å². The van der Waals surface area contributed by atoms with Gasteiger partial charge in [-0.05, 0) is 42.8 Å². The predicted octanol–water partition coefficient (Wildman–Crippen LogP) is 5.10. The van der Waals surface area contributed by atoms with Gasteiger partial charge in [0.25, 0.3) is 0 Å². The first-order chi connectivity index (χ1) is 13.2. The van der Waals surface area contributed by atoms with Gasteiger partial charge in [0.2, 0.25) is 5.91 Å². The minimum atomic E-state index is -0.109. The van der Waals surface area contributed by atoms with Crippen LogP contribution in [0.3, 0.4) is 0 Å². The normalized spacial score (nSPS) is 10.3. The first kappa shape index (κ1) is 20.6. The van der Waals surface area contributed by atoms with E-state index in [1.165, 1.54) is 25.7 Å². The fraction of sp³-hybridized carbons (Fsp3) is 0.409. The highest BCUT2D eigenvalue weighted by molar-refractivity contribution is 5.93. The molecule has 5 heteroatoms. The van der Waals surface area contributed by atoms with E-state index in [1.54, 1.807) is 7.11 Å². The van der Waals surface area contributed by atoms with E-state index >= 15 is 0 Å².